The first kappa shape index (κ1) is 20.1. The fourth-order valence-corrected chi connectivity index (χ4v) is 4.02. The topological polar surface area (TPSA) is 68.3 Å². The molecule has 5 aromatic rings. The van der Waals surface area contributed by atoms with Crippen molar-refractivity contribution in [3.8, 4) is 11.3 Å². The van der Waals surface area contributed by atoms with Crippen LogP contribution in [0.2, 0.25) is 0 Å². The van der Waals surface area contributed by atoms with Crippen molar-refractivity contribution in [2.24, 2.45) is 0 Å². The van der Waals surface area contributed by atoms with Crippen molar-refractivity contribution < 1.29 is 0 Å². The second-order valence-electron chi connectivity index (χ2n) is 8.21. The molecule has 160 valence electrons. The van der Waals surface area contributed by atoms with Crippen LogP contribution in [0.15, 0.2) is 71.5 Å². The molecule has 7 nitrogen and oxygen atoms in total. The van der Waals surface area contributed by atoms with Gasteiger partial charge < -0.3 is 4.90 Å². The van der Waals surface area contributed by atoms with Crippen LogP contribution in [-0.2, 0) is 13.1 Å². The van der Waals surface area contributed by atoms with Crippen molar-refractivity contribution in [1.82, 2.24) is 29.3 Å². The van der Waals surface area contributed by atoms with Gasteiger partial charge in [-0.2, -0.15) is 10.2 Å². The Kier molecular flexibility index (Phi) is 5.03. The lowest BCUT2D eigenvalue weighted by Gasteiger charge is -2.15. The molecule has 0 fully saturated rings. The van der Waals surface area contributed by atoms with Gasteiger partial charge in [-0.3, -0.25) is 4.79 Å². The van der Waals surface area contributed by atoms with E-state index in [1.54, 1.807) is 0 Å². The number of hydrogen-bond donors (Lipinski definition) is 0. The summed E-state index contributed by atoms with van der Waals surface area (Å²) in [5.41, 5.74) is 4.76. The molecule has 0 saturated heterocycles. The van der Waals surface area contributed by atoms with Crippen molar-refractivity contribution >= 4 is 16.4 Å². The number of rotatable bonds is 5. The molecule has 0 radical (unpaired) electrons. The normalized spacial score (nSPS) is 11.6. The van der Waals surface area contributed by atoms with Gasteiger partial charge >= 0.3 is 0 Å². The van der Waals surface area contributed by atoms with Crippen LogP contribution in [0.25, 0.3) is 27.7 Å². The molecular formula is C25H24N6O. The third kappa shape index (κ3) is 3.56. The molecule has 3 aromatic heterocycles. The first-order valence-electron chi connectivity index (χ1n) is 10.6. The second-order valence-corrected chi connectivity index (χ2v) is 8.21. The SMILES string of the molecule is Cc1nc2c(=O)n(Cc3ccccc3)nc(CN(C)C)c2c2cc(-c3ccccc3)nn12. The van der Waals surface area contributed by atoms with E-state index in [2.05, 4.69) is 4.98 Å². The summed E-state index contributed by atoms with van der Waals surface area (Å²) in [6, 6.07) is 21.9. The molecule has 0 aliphatic heterocycles. The number of hydrogen-bond acceptors (Lipinski definition) is 5. The lowest BCUT2D eigenvalue weighted by atomic mass is 10.1. The van der Waals surface area contributed by atoms with E-state index in [-0.39, 0.29) is 5.56 Å². The van der Waals surface area contributed by atoms with Crippen LogP contribution in [-0.4, -0.2) is 43.4 Å². The Labute approximate surface area is 185 Å². The zero-order valence-corrected chi connectivity index (χ0v) is 18.4. The molecule has 0 unspecified atom stereocenters. The van der Waals surface area contributed by atoms with Gasteiger partial charge in [-0.1, -0.05) is 60.7 Å². The number of benzene rings is 2. The van der Waals surface area contributed by atoms with Gasteiger partial charge in [0.2, 0.25) is 0 Å². The quantitative estimate of drug-likeness (QED) is 0.432. The van der Waals surface area contributed by atoms with Gasteiger partial charge in [0.25, 0.3) is 5.56 Å². The summed E-state index contributed by atoms with van der Waals surface area (Å²) >= 11 is 0. The Balaban J connectivity index is 1.78. The van der Waals surface area contributed by atoms with Crippen LogP contribution in [0.4, 0.5) is 0 Å². The van der Waals surface area contributed by atoms with E-state index in [1.807, 2.05) is 97.2 Å². The van der Waals surface area contributed by atoms with Crippen molar-refractivity contribution in [2.75, 3.05) is 14.1 Å². The summed E-state index contributed by atoms with van der Waals surface area (Å²) in [6.07, 6.45) is 0. The Hall–Kier alpha value is -3.84. The highest BCUT2D eigenvalue weighted by molar-refractivity contribution is 5.96. The monoisotopic (exact) mass is 424 g/mol. The zero-order valence-electron chi connectivity index (χ0n) is 18.4. The molecule has 0 saturated carbocycles. The molecular weight excluding hydrogens is 400 g/mol. The average Bonchev–Trinajstić information content (AvgIpc) is 3.24. The van der Waals surface area contributed by atoms with Gasteiger partial charge in [0.1, 0.15) is 11.3 Å². The molecule has 0 aliphatic rings. The molecule has 0 amide bonds. The predicted octanol–water partition coefficient (Wildman–Crippen LogP) is 3.52. The molecule has 0 bridgehead atoms. The van der Waals surface area contributed by atoms with Crippen molar-refractivity contribution in [1.29, 1.82) is 0 Å². The minimum Gasteiger partial charge on any atom is -0.303 e. The Morgan fingerprint density at radius 2 is 1.62 bits per heavy atom. The summed E-state index contributed by atoms with van der Waals surface area (Å²) in [5.74, 6) is 0.667. The molecule has 2 aromatic carbocycles. The van der Waals surface area contributed by atoms with Gasteiger partial charge in [-0.25, -0.2) is 14.2 Å². The predicted molar refractivity (Wildman–Crippen MR) is 126 cm³/mol. The largest absolute Gasteiger partial charge is 0.303 e. The minimum atomic E-state index is -0.195. The Morgan fingerprint density at radius 1 is 0.938 bits per heavy atom. The second kappa shape index (κ2) is 8.01. The van der Waals surface area contributed by atoms with Crippen LogP contribution in [0.5, 0.6) is 0 Å². The highest BCUT2D eigenvalue weighted by Gasteiger charge is 2.19. The summed E-state index contributed by atoms with van der Waals surface area (Å²) in [6.45, 7) is 2.86. The molecule has 0 N–H and O–H groups in total. The molecule has 3 heterocycles. The molecule has 0 aliphatic carbocycles. The Bertz CT molecular complexity index is 1470. The smallest absolute Gasteiger partial charge is 0.293 e. The minimum absolute atomic E-state index is 0.195. The lowest BCUT2D eigenvalue weighted by molar-refractivity contribution is 0.392. The van der Waals surface area contributed by atoms with Gasteiger partial charge in [-0.15, -0.1) is 0 Å². The average molecular weight is 425 g/mol. The van der Waals surface area contributed by atoms with Gasteiger partial charge in [0.05, 0.1) is 28.8 Å². The van der Waals surface area contributed by atoms with Gasteiger partial charge in [0, 0.05) is 12.1 Å². The van der Waals surface area contributed by atoms with E-state index >= 15 is 0 Å². The van der Waals surface area contributed by atoms with Crippen LogP contribution >= 0.6 is 0 Å². The van der Waals surface area contributed by atoms with Crippen molar-refractivity contribution in [3.05, 3.63) is 94.2 Å². The molecule has 0 atom stereocenters. The van der Waals surface area contributed by atoms with Gasteiger partial charge in [0.15, 0.2) is 0 Å². The first-order chi connectivity index (χ1) is 15.5. The summed E-state index contributed by atoms with van der Waals surface area (Å²) in [4.78, 5) is 20.2. The maximum atomic E-state index is 13.4. The molecule has 5 rings (SSSR count). The highest BCUT2D eigenvalue weighted by atomic mass is 16.1. The number of nitrogens with zero attached hydrogens (tertiary/aromatic N) is 6. The van der Waals surface area contributed by atoms with Crippen LogP contribution in [0, 0.1) is 6.92 Å². The van der Waals surface area contributed by atoms with Crippen molar-refractivity contribution in [3.63, 3.8) is 0 Å². The van der Waals surface area contributed by atoms with E-state index in [0.29, 0.717) is 24.4 Å². The zero-order chi connectivity index (χ0) is 22.2. The fraction of sp³-hybridized carbons (Fsp3) is 0.200. The summed E-state index contributed by atoms with van der Waals surface area (Å²) in [5, 5.41) is 10.3. The summed E-state index contributed by atoms with van der Waals surface area (Å²) in [7, 11) is 3.98. The number of fused-ring (bicyclic) bond motifs is 3. The molecule has 0 spiro atoms. The van der Waals surface area contributed by atoms with Crippen LogP contribution in [0.3, 0.4) is 0 Å². The Morgan fingerprint density at radius 3 is 2.31 bits per heavy atom. The van der Waals surface area contributed by atoms with E-state index in [0.717, 1.165) is 33.4 Å². The maximum Gasteiger partial charge on any atom is 0.293 e. The van der Waals surface area contributed by atoms with Crippen LogP contribution in [0.1, 0.15) is 17.1 Å². The third-order valence-electron chi connectivity index (χ3n) is 5.46. The first-order valence-corrected chi connectivity index (χ1v) is 10.6. The number of aryl methyl sites for hydroxylation is 1. The van der Waals surface area contributed by atoms with Gasteiger partial charge in [-0.05, 0) is 32.6 Å². The lowest BCUT2D eigenvalue weighted by Crippen LogP contribution is -2.28. The van der Waals surface area contributed by atoms with Crippen LogP contribution < -0.4 is 5.56 Å². The highest BCUT2D eigenvalue weighted by Crippen LogP contribution is 2.26. The van der Waals surface area contributed by atoms with E-state index < -0.39 is 0 Å². The fourth-order valence-electron chi connectivity index (χ4n) is 4.02. The third-order valence-corrected chi connectivity index (χ3v) is 5.46. The van der Waals surface area contributed by atoms with Crippen molar-refractivity contribution in [2.45, 2.75) is 20.0 Å². The molecule has 7 heteroatoms. The number of aromatic nitrogens is 5. The van der Waals surface area contributed by atoms with E-state index in [4.69, 9.17) is 10.2 Å². The van der Waals surface area contributed by atoms with E-state index in [9.17, 15) is 4.79 Å². The van der Waals surface area contributed by atoms with E-state index in [1.165, 1.54) is 4.68 Å². The maximum absolute atomic E-state index is 13.4. The standard InChI is InChI=1S/C25H24N6O/c1-17-26-24-23(22-14-20(28-31(17)22)19-12-8-5-9-13-19)21(16-29(2)3)27-30(25(24)32)15-18-10-6-4-7-11-18/h4-14H,15-16H2,1-3H3. The summed E-state index contributed by atoms with van der Waals surface area (Å²) < 4.78 is 3.33. The molecule has 32 heavy (non-hydrogen) atoms.